The number of benzene rings is 2. The van der Waals surface area contributed by atoms with E-state index in [0.29, 0.717) is 29.3 Å². The van der Waals surface area contributed by atoms with Crippen LogP contribution in [0.4, 0.5) is 0 Å². The van der Waals surface area contributed by atoms with Crippen molar-refractivity contribution in [2.45, 2.75) is 0 Å². The first-order chi connectivity index (χ1) is 15.0. The maximum Gasteiger partial charge on any atom is 0.283 e. The number of hydrogen-bond donors (Lipinski definition) is 1. The summed E-state index contributed by atoms with van der Waals surface area (Å²) in [5, 5.41) is 9.49. The number of amides is 1. The normalized spacial score (nSPS) is 16.8. The fourth-order valence-electron chi connectivity index (χ4n) is 2.81. The summed E-state index contributed by atoms with van der Waals surface area (Å²) in [6.45, 7) is 0.827. The zero-order chi connectivity index (χ0) is 21.8. The Morgan fingerprint density at radius 3 is 2.32 bits per heavy atom. The van der Waals surface area contributed by atoms with Crippen LogP contribution in [0.25, 0.3) is 6.08 Å². The molecule has 0 aliphatic carbocycles. The Balaban J connectivity index is 1.36. The van der Waals surface area contributed by atoms with Crippen molar-refractivity contribution in [3.8, 4) is 11.5 Å². The van der Waals surface area contributed by atoms with Crippen LogP contribution in [0, 0.1) is 5.41 Å². The highest BCUT2D eigenvalue weighted by atomic mass is 79.9. The minimum atomic E-state index is -0.438. The number of ether oxygens (including phenoxy) is 2. The van der Waals surface area contributed by atoms with E-state index in [1.807, 2.05) is 54.8 Å². The highest BCUT2D eigenvalue weighted by Gasteiger charge is 2.36. The Kier molecular flexibility index (Phi) is 6.79. The Morgan fingerprint density at radius 1 is 1.10 bits per heavy atom. The minimum absolute atomic E-state index is 0.0820. The first-order valence-corrected chi connectivity index (χ1v) is 12.0. The molecule has 0 bridgehead atoms. The molecule has 0 radical (unpaired) electrons. The lowest BCUT2D eigenvalue weighted by Crippen LogP contribution is -2.41. The van der Waals surface area contributed by atoms with Crippen LogP contribution in [0.15, 0.2) is 68.0 Å². The number of rotatable bonds is 6. The molecule has 158 valence electrons. The Morgan fingerprint density at radius 2 is 1.71 bits per heavy atom. The van der Waals surface area contributed by atoms with Crippen LogP contribution in [0.5, 0.6) is 11.5 Å². The molecule has 31 heavy (non-hydrogen) atoms. The quantitative estimate of drug-likeness (QED) is 0.335. The van der Waals surface area contributed by atoms with E-state index in [1.165, 1.54) is 11.8 Å². The molecule has 4 rings (SSSR count). The number of nitrogens with one attached hydrogen (secondary N) is 1. The van der Waals surface area contributed by atoms with Crippen molar-refractivity contribution in [2.75, 3.05) is 19.5 Å². The van der Waals surface area contributed by atoms with Gasteiger partial charge in [0.15, 0.2) is 5.17 Å². The molecule has 0 saturated carbocycles. The molecule has 1 amide bonds. The molecule has 2 heterocycles. The van der Waals surface area contributed by atoms with Gasteiger partial charge in [-0.15, -0.1) is 0 Å². The molecule has 0 spiro atoms. The van der Waals surface area contributed by atoms with Gasteiger partial charge in [-0.3, -0.25) is 10.2 Å². The predicted molar refractivity (Wildman–Crippen MR) is 130 cm³/mol. The van der Waals surface area contributed by atoms with Crippen molar-refractivity contribution in [3.05, 3.63) is 64.1 Å². The van der Waals surface area contributed by atoms with Crippen LogP contribution in [0.1, 0.15) is 5.56 Å². The molecule has 0 saturated heterocycles. The lowest BCUT2D eigenvalue weighted by molar-refractivity contribution is -0.114. The van der Waals surface area contributed by atoms with Gasteiger partial charge in [-0.1, -0.05) is 39.8 Å². The number of carbonyl (C=O) groups excluding carboxylic acids is 1. The van der Waals surface area contributed by atoms with Gasteiger partial charge in [0.2, 0.25) is 5.17 Å². The van der Waals surface area contributed by atoms with Gasteiger partial charge < -0.3 is 9.47 Å². The minimum Gasteiger partial charge on any atom is -0.490 e. The average Bonchev–Trinajstić information content (AvgIpc) is 3.19. The summed E-state index contributed by atoms with van der Waals surface area (Å²) in [5.74, 6) is 1.12. The summed E-state index contributed by atoms with van der Waals surface area (Å²) >= 11 is 5.91. The number of amidine groups is 3. The second-order valence-electron chi connectivity index (χ2n) is 6.33. The van der Waals surface area contributed by atoms with Gasteiger partial charge in [-0.05, 0) is 54.3 Å². The third-order valence-electron chi connectivity index (χ3n) is 4.30. The maximum absolute atomic E-state index is 12.4. The topological polar surface area (TPSA) is 87.3 Å². The smallest absolute Gasteiger partial charge is 0.283 e. The van der Waals surface area contributed by atoms with E-state index >= 15 is 0 Å². The maximum atomic E-state index is 12.4. The van der Waals surface area contributed by atoms with E-state index in [1.54, 1.807) is 11.0 Å². The van der Waals surface area contributed by atoms with Crippen molar-refractivity contribution in [1.29, 1.82) is 5.41 Å². The summed E-state index contributed by atoms with van der Waals surface area (Å²) in [5.41, 5.74) is 1.00. The molecule has 0 atom stereocenters. The number of fused-ring (bicyclic) bond motifs is 1. The van der Waals surface area contributed by atoms with E-state index in [-0.39, 0.29) is 11.4 Å². The Hall–Kier alpha value is -2.56. The third-order valence-corrected chi connectivity index (χ3v) is 6.29. The Labute approximate surface area is 196 Å². The second-order valence-corrected chi connectivity index (χ2v) is 8.75. The number of thioether (sulfide) groups is 1. The van der Waals surface area contributed by atoms with Gasteiger partial charge in [-0.2, -0.15) is 9.39 Å². The molecular weight excluding hydrogens is 500 g/mol. The van der Waals surface area contributed by atoms with Gasteiger partial charge >= 0.3 is 0 Å². The first-order valence-electron chi connectivity index (χ1n) is 9.19. The third kappa shape index (κ3) is 5.03. The molecule has 0 aromatic heterocycles. The first kappa shape index (κ1) is 21.7. The molecule has 7 nitrogen and oxygen atoms in total. The van der Waals surface area contributed by atoms with Crippen LogP contribution < -0.4 is 9.47 Å². The van der Waals surface area contributed by atoms with Crippen molar-refractivity contribution in [1.82, 2.24) is 4.90 Å². The monoisotopic (exact) mass is 516 g/mol. The highest BCUT2D eigenvalue weighted by molar-refractivity contribution is 9.10. The molecule has 2 aliphatic rings. The van der Waals surface area contributed by atoms with E-state index in [9.17, 15) is 4.79 Å². The van der Waals surface area contributed by atoms with Crippen LogP contribution in [0.3, 0.4) is 0 Å². The van der Waals surface area contributed by atoms with E-state index < -0.39 is 5.91 Å². The predicted octanol–water partition coefficient (Wildman–Crippen LogP) is 4.85. The van der Waals surface area contributed by atoms with Crippen LogP contribution >= 0.6 is 39.6 Å². The molecule has 0 fully saturated rings. The number of hydrogen-bond acceptors (Lipinski definition) is 7. The molecule has 1 N–H and O–H groups in total. The van der Waals surface area contributed by atoms with Crippen LogP contribution in [-0.2, 0) is 4.79 Å². The zero-order valence-electron chi connectivity index (χ0n) is 16.4. The fraction of sp³-hybridized carbons (Fsp3) is 0.143. The van der Waals surface area contributed by atoms with E-state index in [0.717, 1.165) is 27.7 Å². The van der Waals surface area contributed by atoms with Gasteiger partial charge in [-0.25, -0.2) is 4.90 Å². The van der Waals surface area contributed by atoms with Gasteiger partial charge in [0.25, 0.3) is 5.91 Å². The fourth-order valence-corrected chi connectivity index (χ4v) is 4.53. The highest BCUT2D eigenvalue weighted by Crippen LogP contribution is 2.31. The van der Waals surface area contributed by atoms with Crippen LogP contribution in [-0.4, -0.2) is 46.4 Å². The molecule has 10 heteroatoms. The van der Waals surface area contributed by atoms with Gasteiger partial charge in [0, 0.05) is 4.47 Å². The molecule has 2 aromatic carbocycles. The molecule has 0 unspecified atom stereocenters. The lowest BCUT2D eigenvalue weighted by Gasteiger charge is -2.23. The Bertz CT molecular complexity index is 1100. The van der Waals surface area contributed by atoms with Crippen molar-refractivity contribution in [2.24, 2.45) is 9.39 Å². The second kappa shape index (κ2) is 9.71. The lowest BCUT2D eigenvalue weighted by atomic mass is 10.1. The van der Waals surface area contributed by atoms with Crippen LogP contribution in [0.2, 0.25) is 0 Å². The summed E-state index contributed by atoms with van der Waals surface area (Å²) in [7, 11) is 0. The zero-order valence-corrected chi connectivity index (χ0v) is 19.6. The molecular formula is C21H17BrN4O3S2. The molecule has 2 aliphatic heterocycles. The number of carbonyl (C=O) groups is 1. The van der Waals surface area contributed by atoms with E-state index in [2.05, 4.69) is 25.3 Å². The van der Waals surface area contributed by atoms with Crippen molar-refractivity contribution in [3.63, 3.8) is 0 Å². The van der Waals surface area contributed by atoms with Gasteiger partial charge in [0.1, 0.15) is 30.5 Å². The standard InChI is InChI=1S/C21H17BrN4O3S2/c1-30-21-25-31-20-24-19(27)17(18(23)26(20)21)12-13-2-6-15(7-3-13)28-10-11-29-16-8-4-14(22)5-9-16/h2-9,12,23H,10-11H2,1H3/b17-12-,23-18?. The summed E-state index contributed by atoms with van der Waals surface area (Å²) in [4.78, 5) is 18.0. The van der Waals surface area contributed by atoms with Crippen molar-refractivity contribution >= 4 is 67.8 Å². The molecule has 2 aromatic rings. The SMILES string of the molecule is CSC1=NSC2=NC(=O)/C(=C\c3ccc(OCCOc4ccc(Br)cc4)cc3)C(=N)N12. The van der Waals surface area contributed by atoms with Gasteiger partial charge in [0.05, 0.1) is 17.5 Å². The average molecular weight is 517 g/mol. The van der Waals surface area contributed by atoms with E-state index in [4.69, 9.17) is 14.9 Å². The summed E-state index contributed by atoms with van der Waals surface area (Å²) in [6, 6.07) is 14.9. The van der Waals surface area contributed by atoms with Crippen molar-refractivity contribution < 1.29 is 14.3 Å². The largest absolute Gasteiger partial charge is 0.490 e. The number of aliphatic imine (C=N–C) groups is 1. The summed E-state index contributed by atoms with van der Waals surface area (Å²) in [6.07, 6.45) is 3.53. The number of nitrogens with zero attached hydrogens (tertiary/aromatic N) is 3. The summed E-state index contributed by atoms with van der Waals surface area (Å²) < 4.78 is 16.6. The number of halogens is 1.